The van der Waals surface area contributed by atoms with Gasteiger partial charge >= 0.3 is 0 Å². The molecule has 0 saturated heterocycles. The lowest BCUT2D eigenvalue weighted by molar-refractivity contribution is -0.116. The quantitative estimate of drug-likeness (QED) is 0.621. The number of rotatable bonds is 7. The number of anilines is 2. The Labute approximate surface area is 169 Å². The van der Waals surface area contributed by atoms with Crippen molar-refractivity contribution in [3.05, 3.63) is 60.0 Å². The smallest absolute Gasteiger partial charge is 0.227 e. The topological polar surface area (TPSA) is 97.1 Å². The minimum atomic E-state index is -0.154. The van der Waals surface area contributed by atoms with Gasteiger partial charge in [-0.05, 0) is 35.7 Å². The molecule has 1 heterocycles. The summed E-state index contributed by atoms with van der Waals surface area (Å²) in [6.45, 7) is 5.73. The Hall–Kier alpha value is -3.48. The SMILES string of the molecule is CC(=O)Nc1ccc(NC(=O)CCc2nc(-c3ccc(C(C)C)cc3)no2)cc1. The maximum absolute atomic E-state index is 12.2. The van der Waals surface area contributed by atoms with Gasteiger partial charge in [-0.1, -0.05) is 43.3 Å². The van der Waals surface area contributed by atoms with Crippen LogP contribution in [-0.2, 0) is 16.0 Å². The Morgan fingerprint density at radius 1 is 0.966 bits per heavy atom. The first-order valence-electron chi connectivity index (χ1n) is 9.51. The number of carbonyl (C=O) groups is 2. The minimum Gasteiger partial charge on any atom is -0.339 e. The highest BCUT2D eigenvalue weighted by atomic mass is 16.5. The predicted molar refractivity (Wildman–Crippen MR) is 112 cm³/mol. The van der Waals surface area contributed by atoms with Crippen molar-refractivity contribution in [1.29, 1.82) is 0 Å². The summed E-state index contributed by atoms with van der Waals surface area (Å²) in [5, 5.41) is 9.49. The fourth-order valence-corrected chi connectivity index (χ4v) is 2.77. The van der Waals surface area contributed by atoms with Gasteiger partial charge in [-0.2, -0.15) is 4.98 Å². The Bertz CT molecular complexity index is 976. The second-order valence-corrected chi connectivity index (χ2v) is 7.10. The van der Waals surface area contributed by atoms with E-state index in [0.717, 1.165) is 5.56 Å². The van der Waals surface area contributed by atoms with Gasteiger partial charge in [-0.25, -0.2) is 0 Å². The van der Waals surface area contributed by atoms with Crippen LogP contribution in [0.1, 0.15) is 44.6 Å². The molecule has 2 N–H and O–H groups in total. The van der Waals surface area contributed by atoms with Crippen molar-refractivity contribution in [3.8, 4) is 11.4 Å². The first-order chi connectivity index (χ1) is 13.9. The zero-order valence-electron chi connectivity index (χ0n) is 16.7. The second-order valence-electron chi connectivity index (χ2n) is 7.10. The zero-order chi connectivity index (χ0) is 20.8. The molecule has 0 fully saturated rings. The van der Waals surface area contributed by atoms with Gasteiger partial charge in [0.2, 0.25) is 23.5 Å². The summed E-state index contributed by atoms with van der Waals surface area (Å²) in [6, 6.07) is 15.0. The largest absolute Gasteiger partial charge is 0.339 e. The summed E-state index contributed by atoms with van der Waals surface area (Å²) in [7, 11) is 0. The summed E-state index contributed by atoms with van der Waals surface area (Å²) in [5.74, 6) is 1.10. The average molecular weight is 392 g/mol. The second kappa shape index (κ2) is 9.14. The molecule has 1 aromatic heterocycles. The molecule has 0 saturated carbocycles. The fraction of sp³-hybridized carbons (Fsp3) is 0.273. The molecular weight excluding hydrogens is 368 g/mol. The monoisotopic (exact) mass is 392 g/mol. The molecule has 0 radical (unpaired) electrons. The van der Waals surface area contributed by atoms with Crippen molar-refractivity contribution in [1.82, 2.24) is 10.1 Å². The van der Waals surface area contributed by atoms with E-state index in [-0.39, 0.29) is 18.2 Å². The standard InChI is InChI=1S/C22H24N4O3/c1-14(2)16-4-6-17(7-5-16)22-25-21(29-26-22)13-12-20(28)24-19-10-8-18(9-11-19)23-15(3)27/h4-11,14H,12-13H2,1-3H3,(H,23,27)(H,24,28). The molecule has 0 bridgehead atoms. The molecule has 29 heavy (non-hydrogen) atoms. The number of aromatic nitrogens is 2. The Morgan fingerprint density at radius 2 is 1.59 bits per heavy atom. The van der Waals surface area contributed by atoms with Gasteiger partial charge < -0.3 is 15.2 Å². The van der Waals surface area contributed by atoms with Crippen molar-refractivity contribution >= 4 is 23.2 Å². The van der Waals surface area contributed by atoms with Gasteiger partial charge in [-0.15, -0.1) is 0 Å². The predicted octanol–water partition coefficient (Wildman–Crippen LogP) is 4.39. The minimum absolute atomic E-state index is 0.142. The van der Waals surface area contributed by atoms with Gasteiger partial charge in [0.05, 0.1) is 0 Å². The lowest BCUT2D eigenvalue weighted by atomic mass is 10.0. The highest BCUT2D eigenvalue weighted by molar-refractivity contribution is 5.92. The highest BCUT2D eigenvalue weighted by Gasteiger charge is 2.11. The molecule has 0 aliphatic rings. The summed E-state index contributed by atoms with van der Waals surface area (Å²) < 4.78 is 5.27. The van der Waals surface area contributed by atoms with E-state index in [2.05, 4.69) is 46.8 Å². The summed E-state index contributed by atoms with van der Waals surface area (Å²) in [6.07, 6.45) is 0.578. The Kier molecular flexibility index (Phi) is 6.39. The number of aryl methyl sites for hydroxylation is 1. The maximum Gasteiger partial charge on any atom is 0.227 e. The van der Waals surface area contributed by atoms with E-state index in [4.69, 9.17) is 4.52 Å². The molecule has 0 aliphatic heterocycles. The van der Waals surface area contributed by atoms with E-state index in [1.165, 1.54) is 12.5 Å². The van der Waals surface area contributed by atoms with E-state index >= 15 is 0 Å². The summed E-state index contributed by atoms with van der Waals surface area (Å²) in [4.78, 5) is 27.6. The molecule has 7 nitrogen and oxygen atoms in total. The van der Waals surface area contributed by atoms with Crippen LogP contribution in [0.5, 0.6) is 0 Å². The van der Waals surface area contributed by atoms with Crippen LogP contribution in [0.15, 0.2) is 53.1 Å². The van der Waals surface area contributed by atoms with Crippen molar-refractivity contribution in [3.63, 3.8) is 0 Å². The van der Waals surface area contributed by atoms with Crippen molar-refractivity contribution < 1.29 is 14.1 Å². The molecule has 0 unspecified atom stereocenters. The first kappa shape index (κ1) is 20.3. The molecule has 3 aromatic rings. The van der Waals surface area contributed by atoms with Crippen molar-refractivity contribution in [2.75, 3.05) is 10.6 Å². The third-order valence-electron chi connectivity index (χ3n) is 4.36. The number of amides is 2. The van der Waals surface area contributed by atoms with Crippen LogP contribution in [0.4, 0.5) is 11.4 Å². The van der Waals surface area contributed by atoms with Gasteiger partial charge in [-0.3, -0.25) is 9.59 Å². The van der Waals surface area contributed by atoms with Gasteiger partial charge in [0.1, 0.15) is 0 Å². The van der Waals surface area contributed by atoms with Gasteiger partial charge in [0.15, 0.2) is 0 Å². The average Bonchev–Trinajstić information content (AvgIpc) is 3.17. The molecule has 0 atom stereocenters. The lowest BCUT2D eigenvalue weighted by Crippen LogP contribution is -2.12. The van der Waals surface area contributed by atoms with Crippen LogP contribution in [0.25, 0.3) is 11.4 Å². The third-order valence-corrected chi connectivity index (χ3v) is 4.36. The molecule has 0 spiro atoms. The first-order valence-corrected chi connectivity index (χ1v) is 9.51. The van der Waals surface area contributed by atoms with Crippen LogP contribution in [-0.4, -0.2) is 22.0 Å². The number of benzene rings is 2. The normalized spacial score (nSPS) is 10.8. The summed E-state index contributed by atoms with van der Waals surface area (Å²) in [5.41, 5.74) is 3.46. The van der Waals surface area contributed by atoms with Crippen LogP contribution in [0, 0.1) is 0 Å². The Morgan fingerprint density at radius 3 is 2.17 bits per heavy atom. The number of nitrogens with one attached hydrogen (secondary N) is 2. The van der Waals surface area contributed by atoms with Gasteiger partial charge in [0.25, 0.3) is 0 Å². The zero-order valence-corrected chi connectivity index (χ0v) is 16.7. The van der Waals surface area contributed by atoms with E-state index in [1.807, 2.05) is 12.1 Å². The molecule has 2 amide bonds. The van der Waals surface area contributed by atoms with Crippen LogP contribution < -0.4 is 10.6 Å². The number of carbonyl (C=O) groups excluding carboxylic acids is 2. The summed E-state index contributed by atoms with van der Waals surface area (Å²) >= 11 is 0. The van der Waals surface area contributed by atoms with Crippen LogP contribution in [0.3, 0.4) is 0 Å². The third kappa shape index (κ3) is 5.75. The molecule has 2 aromatic carbocycles. The number of hydrogen-bond donors (Lipinski definition) is 2. The van der Waals surface area contributed by atoms with E-state index in [0.29, 0.717) is 35.4 Å². The van der Waals surface area contributed by atoms with Crippen molar-refractivity contribution in [2.45, 2.75) is 39.5 Å². The lowest BCUT2D eigenvalue weighted by Gasteiger charge is -2.06. The highest BCUT2D eigenvalue weighted by Crippen LogP contribution is 2.21. The molecule has 3 rings (SSSR count). The molecule has 150 valence electrons. The number of nitrogens with zero attached hydrogens (tertiary/aromatic N) is 2. The molecular formula is C22H24N4O3. The van der Waals surface area contributed by atoms with E-state index in [1.54, 1.807) is 24.3 Å². The van der Waals surface area contributed by atoms with Crippen LogP contribution >= 0.6 is 0 Å². The number of hydrogen-bond acceptors (Lipinski definition) is 5. The fourth-order valence-electron chi connectivity index (χ4n) is 2.77. The van der Waals surface area contributed by atoms with Gasteiger partial charge in [0, 0.05) is 36.7 Å². The van der Waals surface area contributed by atoms with E-state index < -0.39 is 0 Å². The van der Waals surface area contributed by atoms with Crippen LogP contribution in [0.2, 0.25) is 0 Å². The molecule has 0 aliphatic carbocycles. The maximum atomic E-state index is 12.2. The molecule has 7 heteroatoms. The van der Waals surface area contributed by atoms with E-state index in [9.17, 15) is 9.59 Å². The van der Waals surface area contributed by atoms with Crippen molar-refractivity contribution in [2.24, 2.45) is 0 Å². The Balaban J connectivity index is 1.52.